The Hall–Kier alpha value is -0.780. The lowest BCUT2D eigenvalue weighted by molar-refractivity contribution is 0.576. The molecule has 0 aromatic heterocycles. The molecule has 18 heavy (non-hydrogen) atoms. The molecule has 102 valence electrons. The van der Waals surface area contributed by atoms with Gasteiger partial charge in [0.25, 0.3) is 0 Å². The highest BCUT2D eigenvalue weighted by atomic mass is 14.3. The average molecular weight is 246 g/mol. The van der Waals surface area contributed by atoms with Crippen LogP contribution in [0.2, 0.25) is 0 Å². The van der Waals surface area contributed by atoms with Crippen LogP contribution in [0.15, 0.2) is 0 Å². The largest absolute Gasteiger partial charge is 0.0613 e. The molecular weight excluding hydrogens is 216 g/mol. The molecule has 0 heteroatoms. The topological polar surface area (TPSA) is 0 Å². The van der Waals surface area contributed by atoms with Gasteiger partial charge in [-0.25, -0.2) is 0 Å². The minimum absolute atomic E-state index is 0.246. The van der Waals surface area contributed by atoms with E-state index in [4.69, 9.17) is 0 Å². The second-order valence-corrected chi connectivity index (χ2v) is 6.37. The van der Waals surface area contributed by atoms with Crippen molar-refractivity contribution >= 4 is 0 Å². The van der Waals surface area contributed by atoms with Crippen LogP contribution in [0.1, 0.15) is 74.9 Å². The summed E-state index contributed by atoms with van der Waals surface area (Å²) in [6.45, 7) is 18.6. The molecule has 0 heterocycles. The summed E-state index contributed by atoms with van der Waals surface area (Å²) in [5, 5.41) is 0. The Kier molecular flexibility index (Phi) is 4.64. The molecule has 0 N–H and O–H groups in total. The highest BCUT2D eigenvalue weighted by molar-refractivity contribution is 5.53. The van der Waals surface area contributed by atoms with Crippen LogP contribution in [0.3, 0.4) is 0 Å². The third-order valence-corrected chi connectivity index (χ3v) is 4.21. The predicted molar refractivity (Wildman–Crippen MR) is 82.8 cm³/mol. The van der Waals surface area contributed by atoms with Gasteiger partial charge in [-0.3, -0.25) is 0 Å². The van der Waals surface area contributed by atoms with E-state index in [2.05, 4.69) is 55.4 Å². The summed E-state index contributed by atoms with van der Waals surface area (Å²) in [4.78, 5) is 0. The predicted octanol–water partition coefficient (Wildman–Crippen LogP) is 5.29. The van der Waals surface area contributed by atoms with Gasteiger partial charge in [0.2, 0.25) is 0 Å². The number of hydrogen-bond acceptors (Lipinski definition) is 0. The zero-order chi connectivity index (χ0) is 14.1. The lowest BCUT2D eigenvalue weighted by Crippen LogP contribution is -2.20. The van der Waals surface area contributed by atoms with Gasteiger partial charge in [-0.05, 0) is 71.9 Å². The van der Waals surface area contributed by atoms with Crippen LogP contribution in [0.4, 0.5) is 0 Å². The molecule has 1 aromatic carbocycles. The first kappa shape index (κ1) is 15.3. The van der Waals surface area contributed by atoms with Gasteiger partial charge in [0.15, 0.2) is 0 Å². The van der Waals surface area contributed by atoms with Crippen LogP contribution in [-0.4, -0.2) is 0 Å². The molecule has 0 bridgehead atoms. The van der Waals surface area contributed by atoms with E-state index in [-0.39, 0.29) is 5.41 Å². The van der Waals surface area contributed by atoms with E-state index in [1.807, 2.05) is 0 Å². The maximum atomic E-state index is 2.35. The van der Waals surface area contributed by atoms with Crippen LogP contribution >= 0.6 is 0 Å². The highest BCUT2D eigenvalue weighted by Gasteiger charge is 2.24. The third-order valence-electron chi connectivity index (χ3n) is 4.21. The minimum atomic E-state index is 0.246. The zero-order valence-corrected chi connectivity index (χ0v) is 13.6. The van der Waals surface area contributed by atoms with Crippen molar-refractivity contribution in [1.82, 2.24) is 0 Å². The van der Waals surface area contributed by atoms with Gasteiger partial charge in [-0.2, -0.15) is 0 Å². The van der Waals surface area contributed by atoms with E-state index in [0.29, 0.717) is 0 Å². The first-order valence-electron chi connectivity index (χ1n) is 7.43. The van der Waals surface area contributed by atoms with Gasteiger partial charge < -0.3 is 0 Å². The number of hydrogen-bond donors (Lipinski definition) is 0. The molecule has 0 fully saturated rings. The maximum Gasteiger partial charge on any atom is -0.0126 e. The summed E-state index contributed by atoms with van der Waals surface area (Å²) in [5.74, 6) is 0. The molecule has 0 atom stereocenters. The molecule has 0 radical (unpaired) electrons. The van der Waals surface area contributed by atoms with Crippen LogP contribution in [0.25, 0.3) is 0 Å². The summed E-state index contributed by atoms with van der Waals surface area (Å²) in [5.41, 5.74) is 9.72. The van der Waals surface area contributed by atoms with Crippen LogP contribution in [-0.2, 0) is 24.7 Å². The fourth-order valence-corrected chi connectivity index (χ4v) is 3.61. The Morgan fingerprint density at radius 3 is 1.39 bits per heavy atom. The Balaban J connectivity index is 3.77. The summed E-state index contributed by atoms with van der Waals surface area (Å²) < 4.78 is 0. The first-order chi connectivity index (χ1) is 8.29. The zero-order valence-electron chi connectivity index (χ0n) is 13.6. The smallest absolute Gasteiger partial charge is 0.0126 e. The third kappa shape index (κ3) is 2.48. The monoisotopic (exact) mass is 246 g/mol. The maximum absolute atomic E-state index is 2.35. The first-order valence-corrected chi connectivity index (χ1v) is 7.43. The average Bonchev–Trinajstić information content (AvgIpc) is 2.28. The van der Waals surface area contributed by atoms with Gasteiger partial charge in [-0.15, -0.1) is 0 Å². The quantitative estimate of drug-likeness (QED) is 0.680. The van der Waals surface area contributed by atoms with Crippen molar-refractivity contribution in [2.45, 2.75) is 80.1 Å². The summed E-state index contributed by atoms with van der Waals surface area (Å²) in [7, 11) is 0. The SMILES string of the molecule is CCc1c(C)c(CC)c(C(C)(C)C)c(C)c1CC. The van der Waals surface area contributed by atoms with E-state index in [1.54, 1.807) is 33.4 Å². The van der Waals surface area contributed by atoms with Crippen molar-refractivity contribution in [3.63, 3.8) is 0 Å². The summed E-state index contributed by atoms with van der Waals surface area (Å²) in [6, 6.07) is 0. The molecule has 0 saturated heterocycles. The Morgan fingerprint density at radius 1 is 0.667 bits per heavy atom. The van der Waals surface area contributed by atoms with Gasteiger partial charge in [0, 0.05) is 0 Å². The van der Waals surface area contributed by atoms with Crippen molar-refractivity contribution in [2.75, 3.05) is 0 Å². The van der Waals surface area contributed by atoms with Gasteiger partial charge in [0.05, 0.1) is 0 Å². The number of rotatable bonds is 3. The van der Waals surface area contributed by atoms with E-state index in [9.17, 15) is 0 Å². The van der Waals surface area contributed by atoms with Crippen LogP contribution in [0, 0.1) is 13.8 Å². The number of benzene rings is 1. The molecule has 1 aromatic rings. The molecule has 1 rings (SSSR count). The Labute approximate surface area is 114 Å². The minimum Gasteiger partial charge on any atom is -0.0613 e. The fourth-order valence-electron chi connectivity index (χ4n) is 3.61. The lowest BCUT2D eigenvalue weighted by Gasteiger charge is -2.30. The van der Waals surface area contributed by atoms with E-state index in [1.165, 1.54) is 0 Å². The molecule has 0 saturated carbocycles. The Bertz CT molecular complexity index is 431. The second kappa shape index (κ2) is 5.47. The fraction of sp³-hybridized carbons (Fsp3) is 0.667. The molecule has 0 aliphatic carbocycles. The molecule has 0 amide bonds. The van der Waals surface area contributed by atoms with Crippen LogP contribution in [0.5, 0.6) is 0 Å². The molecule has 0 unspecified atom stereocenters. The molecule has 0 aliphatic rings. The van der Waals surface area contributed by atoms with Crippen molar-refractivity contribution < 1.29 is 0 Å². The van der Waals surface area contributed by atoms with Gasteiger partial charge in [-0.1, -0.05) is 41.5 Å². The summed E-state index contributed by atoms with van der Waals surface area (Å²) in [6.07, 6.45) is 3.46. The normalized spacial score (nSPS) is 12.0. The summed E-state index contributed by atoms with van der Waals surface area (Å²) >= 11 is 0. The van der Waals surface area contributed by atoms with E-state index < -0.39 is 0 Å². The van der Waals surface area contributed by atoms with Gasteiger partial charge in [0.1, 0.15) is 0 Å². The molecule has 0 nitrogen and oxygen atoms in total. The molecule has 0 spiro atoms. The van der Waals surface area contributed by atoms with E-state index >= 15 is 0 Å². The second-order valence-electron chi connectivity index (χ2n) is 6.37. The highest BCUT2D eigenvalue weighted by Crippen LogP contribution is 2.36. The molecule has 0 aliphatic heterocycles. The van der Waals surface area contributed by atoms with Crippen molar-refractivity contribution in [3.8, 4) is 0 Å². The van der Waals surface area contributed by atoms with E-state index in [0.717, 1.165) is 19.3 Å². The van der Waals surface area contributed by atoms with Crippen molar-refractivity contribution in [3.05, 3.63) is 33.4 Å². The van der Waals surface area contributed by atoms with Crippen LogP contribution < -0.4 is 0 Å². The lowest BCUT2D eigenvalue weighted by atomic mass is 9.75. The van der Waals surface area contributed by atoms with Crippen molar-refractivity contribution in [1.29, 1.82) is 0 Å². The standard InChI is InChI=1S/C18H30/c1-9-14-12(4)16(11-3)17(18(6,7)8)13(5)15(14)10-2/h9-11H2,1-8H3. The van der Waals surface area contributed by atoms with Gasteiger partial charge >= 0.3 is 0 Å². The molecular formula is C18H30. The Morgan fingerprint density at radius 2 is 1.06 bits per heavy atom. The van der Waals surface area contributed by atoms with Crippen molar-refractivity contribution in [2.24, 2.45) is 0 Å².